The molecule has 1 atom stereocenters. The highest BCUT2D eigenvalue weighted by Crippen LogP contribution is 2.23. The third-order valence-corrected chi connectivity index (χ3v) is 4.60. The molecule has 1 aliphatic rings. The minimum Gasteiger partial charge on any atom is -0.353 e. The van der Waals surface area contributed by atoms with Crippen molar-refractivity contribution in [2.75, 3.05) is 29.9 Å². The van der Waals surface area contributed by atoms with E-state index in [0.29, 0.717) is 6.04 Å². The number of hydrogen-bond donors (Lipinski definition) is 0. The van der Waals surface area contributed by atoms with Crippen molar-refractivity contribution >= 4 is 11.8 Å². The second-order valence-corrected chi connectivity index (χ2v) is 6.16. The number of nitrogens with zero attached hydrogens (tertiary/aromatic N) is 8. The fourth-order valence-electron chi connectivity index (χ4n) is 3.24. The lowest BCUT2D eigenvalue weighted by Crippen LogP contribution is -2.47. The molecule has 1 aliphatic heterocycles. The van der Waals surface area contributed by atoms with E-state index in [1.807, 2.05) is 42.5 Å². The Hall–Kier alpha value is -3.03. The molecule has 0 saturated carbocycles. The summed E-state index contributed by atoms with van der Waals surface area (Å²) in [5, 5.41) is 20.5. The first-order chi connectivity index (χ1) is 12.3. The maximum absolute atomic E-state index is 4.25. The van der Waals surface area contributed by atoms with Crippen LogP contribution in [0.5, 0.6) is 0 Å². The quantitative estimate of drug-likeness (QED) is 0.715. The van der Waals surface area contributed by atoms with Gasteiger partial charge >= 0.3 is 0 Å². The first kappa shape index (κ1) is 15.5. The predicted molar refractivity (Wildman–Crippen MR) is 94.8 cm³/mol. The molecule has 1 aromatic carbocycles. The van der Waals surface area contributed by atoms with Crippen LogP contribution in [0.15, 0.2) is 48.7 Å². The first-order valence-electron chi connectivity index (χ1n) is 8.42. The SMILES string of the molecule is CN(c1nnnn1-c1ccccc1)C1CCCN(c2cccnn2)C1. The summed E-state index contributed by atoms with van der Waals surface area (Å²) in [6.07, 6.45) is 3.89. The number of rotatable bonds is 4. The van der Waals surface area contributed by atoms with E-state index in [2.05, 4.69) is 42.6 Å². The largest absolute Gasteiger partial charge is 0.353 e. The summed E-state index contributed by atoms with van der Waals surface area (Å²) in [7, 11) is 2.05. The van der Waals surface area contributed by atoms with E-state index < -0.39 is 0 Å². The van der Waals surface area contributed by atoms with Gasteiger partial charge in [0.15, 0.2) is 5.82 Å². The van der Waals surface area contributed by atoms with E-state index >= 15 is 0 Å². The molecule has 0 aliphatic carbocycles. The Morgan fingerprint density at radius 3 is 2.76 bits per heavy atom. The molecule has 3 heterocycles. The van der Waals surface area contributed by atoms with Crippen LogP contribution in [0.3, 0.4) is 0 Å². The molecule has 128 valence electrons. The van der Waals surface area contributed by atoms with Gasteiger partial charge in [-0.3, -0.25) is 0 Å². The molecular weight excluding hydrogens is 316 g/mol. The lowest BCUT2D eigenvalue weighted by Gasteiger charge is -2.38. The zero-order valence-electron chi connectivity index (χ0n) is 14.1. The van der Waals surface area contributed by atoms with Gasteiger partial charge in [-0.2, -0.15) is 9.78 Å². The van der Waals surface area contributed by atoms with Crippen LogP contribution in [0.1, 0.15) is 12.8 Å². The van der Waals surface area contributed by atoms with Crippen LogP contribution >= 0.6 is 0 Å². The van der Waals surface area contributed by atoms with Crippen LogP contribution in [0.4, 0.5) is 11.8 Å². The predicted octanol–water partition coefficient (Wildman–Crippen LogP) is 1.56. The molecular formula is C17H20N8. The molecule has 0 amide bonds. The summed E-state index contributed by atoms with van der Waals surface area (Å²) in [6.45, 7) is 1.86. The summed E-state index contributed by atoms with van der Waals surface area (Å²) in [5.41, 5.74) is 0.955. The summed E-state index contributed by atoms with van der Waals surface area (Å²) >= 11 is 0. The van der Waals surface area contributed by atoms with Gasteiger partial charge in [-0.25, -0.2) is 0 Å². The normalized spacial score (nSPS) is 17.5. The Morgan fingerprint density at radius 2 is 1.96 bits per heavy atom. The van der Waals surface area contributed by atoms with Crippen LogP contribution in [-0.4, -0.2) is 56.6 Å². The van der Waals surface area contributed by atoms with Gasteiger partial charge in [0.05, 0.1) is 5.69 Å². The van der Waals surface area contributed by atoms with Gasteiger partial charge in [-0.15, -0.1) is 5.10 Å². The molecule has 1 saturated heterocycles. The number of piperidine rings is 1. The minimum absolute atomic E-state index is 0.309. The van der Waals surface area contributed by atoms with Crippen LogP contribution in [-0.2, 0) is 0 Å². The van der Waals surface area contributed by atoms with Gasteiger partial charge in [0.2, 0.25) is 5.95 Å². The molecule has 2 aromatic heterocycles. The summed E-state index contributed by atoms with van der Waals surface area (Å²) < 4.78 is 1.78. The highest BCUT2D eigenvalue weighted by Gasteiger charge is 2.27. The van der Waals surface area contributed by atoms with Crippen molar-refractivity contribution in [2.24, 2.45) is 0 Å². The fourth-order valence-corrected chi connectivity index (χ4v) is 3.24. The number of likely N-dealkylation sites (N-methyl/N-ethyl adjacent to an activating group) is 1. The van der Waals surface area contributed by atoms with E-state index in [1.165, 1.54) is 0 Å². The highest BCUT2D eigenvalue weighted by molar-refractivity contribution is 5.43. The minimum atomic E-state index is 0.309. The second kappa shape index (κ2) is 6.84. The van der Waals surface area contributed by atoms with E-state index in [1.54, 1.807) is 10.9 Å². The molecule has 0 radical (unpaired) electrons. The van der Waals surface area contributed by atoms with Crippen molar-refractivity contribution in [3.05, 3.63) is 48.7 Å². The monoisotopic (exact) mass is 336 g/mol. The Balaban J connectivity index is 1.55. The van der Waals surface area contributed by atoms with Crippen molar-refractivity contribution in [3.8, 4) is 5.69 Å². The molecule has 1 fully saturated rings. The smallest absolute Gasteiger partial charge is 0.250 e. The molecule has 3 aromatic rings. The molecule has 0 bridgehead atoms. The van der Waals surface area contributed by atoms with Crippen LogP contribution in [0, 0.1) is 0 Å². The number of anilines is 2. The molecule has 8 heteroatoms. The molecule has 0 N–H and O–H groups in total. The number of tetrazole rings is 1. The standard InChI is InChI=1S/C17H20N8/c1-23(17-20-21-22-25(17)14-7-3-2-4-8-14)15-9-6-12-24(13-15)16-10-5-11-18-19-16/h2-5,7-8,10-11,15H,6,9,12-13H2,1H3. The van der Waals surface area contributed by atoms with Crippen molar-refractivity contribution in [2.45, 2.75) is 18.9 Å². The third-order valence-electron chi connectivity index (χ3n) is 4.60. The lowest BCUT2D eigenvalue weighted by atomic mass is 10.0. The number of hydrogen-bond acceptors (Lipinski definition) is 7. The highest BCUT2D eigenvalue weighted by atomic mass is 15.6. The topological polar surface area (TPSA) is 75.9 Å². The van der Waals surface area contributed by atoms with E-state index in [9.17, 15) is 0 Å². The Bertz CT molecular complexity index is 804. The summed E-state index contributed by atoms with van der Waals surface area (Å²) in [6, 6.07) is 14.2. The van der Waals surface area contributed by atoms with Crippen molar-refractivity contribution in [3.63, 3.8) is 0 Å². The maximum atomic E-state index is 4.25. The Kier molecular flexibility index (Phi) is 4.24. The van der Waals surface area contributed by atoms with Crippen LogP contribution < -0.4 is 9.80 Å². The van der Waals surface area contributed by atoms with Gasteiger partial charge in [0.1, 0.15) is 0 Å². The van der Waals surface area contributed by atoms with Gasteiger partial charge < -0.3 is 9.80 Å². The van der Waals surface area contributed by atoms with Gasteiger partial charge in [-0.1, -0.05) is 23.3 Å². The van der Waals surface area contributed by atoms with Crippen molar-refractivity contribution < 1.29 is 0 Å². The average molecular weight is 336 g/mol. The Labute approximate surface area is 146 Å². The average Bonchev–Trinajstić information content (AvgIpc) is 3.19. The number of aromatic nitrogens is 6. The molecule has 8 nitrogen and oxygen atoms in total. The van der Waals surface area contributed by atoms with Crippen LogP contribution in [0.25, 0.3) is 5.69 Å². The van der Waals surface area contributed by atoms with Gasteiger partial charge in [-0.05, 0) is 47.5 Å². The van der Waals surface area contributed by atoms with E-state index in [0.717, 1.165) is 43.4 Å². The van der Waals surface area contributed by atoms with Crippen molar-refractivity contribution in [1.29, 1.82) is 0 Å². The molecule has 4 rings (SSSR count). The lowest BCUT2D eigenvalue weighted by molar-refractivity contribution is 0.478. The van der Waals surface area contributed by atoms with Gasteiger partial charge in [0, 0.05) is 32.4 Å². The number of benzene rings is 1. The molecule has 0 spiro atoms. The van der Waals surface area contributed by atoms with E-state index in [-0.39, 0.29) is 0 Å². The van der Waals surface area contributed by atoms with Gasteiger partial charge in [0.25, 0.3) is 0 Å². The number of para-hydroxylation sites is 1. The zero-order valence-corrected chi connectivity index (χ0v) is 14.1. The molecule has 25 heavy (non-hydrogen) atoms. The third kappa shape index (κ3) is 3.15. The maximum Gasteiger partial charge on any atom is 0.250 e. The second-order valence-electron chi connectivity index (χ2n) is 6.16. The van der Waals surface area contributed by atoms with E-state index in [4.69, 9.17) is 0 Å². The van der Waals surface area contributed by atoms with Crippen LogP contribution in [0.2, 0.25) is 0 Å². The first-order valence-corrected chi connectivity index (χ1v) is 8.42. The summed E-state index contributed by atoms with van der Waals surface area (Å²) in [4.78, 5) is 4.43. The zero-order chi connectivity index (χ0) is 17.1. The Morgan fingerprint density at radius 1 is 1.08 bits per heavy atom. The summed E-state index contributed by atoms with van der Waals surface area (Å²) in [5.74, 6) is 1.67. The molecule has 1 unspecified atom stereocenters. The van der Waals surface area contributed by atoms with Crippen molar-refractivity contribution in [1.82, 2.24) is 30.4 Å². The fraction of sp³-hybridized carbons (Fsp3) is 0.353.